The zero-order chi connectivity index (χ0) is 23.5. The highest BCUT2D eigenvalue weighted by molar-refractivity contribution is 7.79. The van der Waals surface area contributed by atoms with Crippen LogP contribution in [0.25, 0.3) is 12.4 Å². The predicted octanol–water partition coefficient (Wildman–Crippen LogP) is 3.57. The third kappa shape index (κ3) is 18.3. The lowest BCUT2D eigenvalue weighted by Crippen LogP contribution is -2.30. The quantitative estimate of drug-likeness (QED) is 0.212. The van der Waals surface area contributed by atoms with Crippen molar-refractivity contribution in [3.63, 3.8) is 0 Å². The summed E-state index contributed by atoms with van der Waals surface area (Å²) >= 11 is 0. The average Bonchev–Trinajstić information content (AvgIpc) is 3.37. The third-order valence-electron chi connectivity index (χ3n) is 4.39. The van der Waals surface area contributed by atoms with Gasteiger partial charge in [0.15, 0.2) is 0 Å². The Hall–Kier alpha value is -2.23. The SMILES string of the molecule is C=Cn1cc[n+](CCCCCC)c1.C=Cn1cc[n+](CCCCCC)c1.O=S(=O)([O-])[O-]. The summed E-state index contributed by atoms with van der Waals surface area (Å²) in [6.45, 7) is 14.1. The third-order valence-corrected chi connectivity index (χ3v) is 4.39. The molecule has 0 N–H and O–H groups in total. The average molecular weight is 455 g/mol. The Bertz CT molecular complexity index is 766. The van der Waals surface area contributed by atoms with Crippen LogP contribution < -0.4 is 9.13 Å². The van der Waals surface area contributed by atoms with Crippen LogP contribution in [0, 0.1) is 0 Å². The number of aromatic nitrogens is 4. The maximum absolute atomic E-state index is 8.52. The molecule has 0 spiro atoms. The lowest BCUT2D eigenvalue weighted by atomic mass is 10.2. The number of hydrogen-bond acceptors (Lipinski definition) is 4. The van der Waals surface area contributed by atoms with Gasteiger partial charge in [0.25, 0.3) is 0 Å². The molecule has 9 heteroatoms. The van der Waals surface area contributed by atoms with Gasteiger partial charge in [0.05, 0.1) is 25.5 Å². The first-order chi connectivity index (χ1) is 14.7. The molecule has 2 aromatic heterocycles. The van der Waals surface area contributed by atoms with E-state index in [0.29, 0.717) is 0 Å². The van der Waals surface area contributed by atoms with Gasteiger partial charge in [-0.1, -0.05) is 52.7 Å². The Kier molecular flexibility index (Phi) is 16.2. The van der Waals surface area contributed by atoms with Crippen molar-refractivity contribution in [2.75, 3.05) is 0 Å². The molecular weight excluding hydrogens is 416 g/mol. The molecule has 0 unspecified atom stereocenters. The van der Waals surface area contributed by atoms with Crippen LogP contribution in [0.2, 0.25) is 0 Å². The fourth-order valence-electron chi connectivity index (χ4n) is 2.74. The fourth-order valence-corrected chi connectivity index (χ4v) is 2.74. The van der Waals surface area contributed by atoms with E-state index in [1.165, 1.54) is 51.4 Å². The van der Waals surface area contributed by atoms with E-state index in [1.54, 1.807) is 0 Å². The number of hydrogen-bond donors (Lipinski definition) is 0. The topological polar surface area (TPSA) is 97.9 Å². The maximum Gasteiger partial charge on any atom is 0.248 e. The van der Waals surface area contributed by atoms with E-state index in [4.69, 9.17) is 17.5 Å². The van der Waals surface area contributed by atoms with Crippen molar-refractivity contribution in [3.8, 4) is 0 Å². The second kappa shape index (κ2) is 17.5. The molecule has 0 fully saturated rings. The van der Waals surface area contributed by atoms with E-state index >= 15 is 0 Å². The van der Waals surface area contributed by atoms with Gasteiger partial charge in [-0.05, 0) is 25.7 Å². The molecule has 0 saturated carbocycles. The molecule has 2 aromatic rings. The standard InChI is InChI=1S/2C11H19N2.H2O4S/c2*1-3-5-6-7-8-13-10-9-12(4-2)11-13;1-5(2,3)4/h2*4,9-11H,2-3,5-8H2,1H3;(H2,1,2,3,4)/q2*+1;/p-2. The number of rotatable bonds is 12. The van der Waals surface area contributed by atoms with Gasteiger partial charge < -0.3 is 9.11 Å². The van der Waals surface area contributed by atoms with Crippen LogP contribution in [0.4, 0.5) is 0 Å². The summed E-state index contributed by atoms with van der Waals surface area (Å²) in [5, 5.41) is 0. The Labute approximate surface area is 187 Å². The van der Waals surface area contributed by atoms with Crippen molar-refractivity contribution < 1.29 is 26.7 Å². The molecule has 0 radical (unpaired) electrons. The molecular formula is C22H38N4O4S. The first kappa shape index (κ1) is 28.8. The smallest absolute Gasteiger partial charge is 0.248 e. The molecule has 0 aliphatic carbocycles. The molecule has 0 aliphatic rings. The number of unbranched alkanes of at least 4 members (excludes halogenated alkanes) is 6. The van der Waals surface area contributed by atoms with Crippen LogP contribution in [0.15, 0.2) is 50.6 Å². The molecule has 8 nitrogen and oxygen atoms in total. The number of nitrogens with zero attached hydrogens (tertiary/aromatic N) is 4. The first-order valence-corrected chi connectivity index (χ1v) is 12.1. The van der Waals surface area contributed by atoms with Gasteiger partial charge in [0.2, 0.25) is 12.7 Å². The maximum atomic E-state index is 8.52. The highest BCUT2D eigenvalue weighted by atomic mass is 32.3. The molecule has 0 atom stereocenters. The number of imidazole rings is 2. The van der Waals surface area contributed by atoms with E-state index in [2.05, 4.69) is 61.2 Å². The predicted molar refractivity (Wildman–Crippen MR) is 121 cm³/mol. The lowest BCUT2D eigenvalue weighted by molar-refractivity contribution is -0.696. The molecule has 0 amide bonds. The lowest BCUT2D eigenvalue weighted by Gasteiger charge is -2.06. The molecule has 176 valence electrons. The van der Waals surface area contributed by atoms with Crippen LogP contribution >= 0.6 is 0 Å². The van der Waals surface area contributed by atoms with Crippen molar-refractivity contribution in [2.24, 2.45) is 0 Å². The normalized spacial score (nSPS) is 10.5. The first-order valence-electron chi connectivity index (χ1n) is 10.8. The van der Waals surface area contributed by atoms with E-state index in [1.807, 2.05) is 33.9 Å². The largest absolute Gasteiger partial charge is 0.759 e. The summed E-state index contributed by atoms with van der Waals surface area (Å²) in [6, 6.07) is 0. The minimum Gasteiger partial charge on any atom is -0.759 e. The van der Waals surface area contributed by atoms with Gasteiger partial charge in [-0.15, -0.1) is 0 Å². The minimum atomic E-state index is -5.17. The van der Waals surface area contributed by atoms with Crippen LogP contribution in [0.1, 0.15) is 65.2 Å². The molecule has 0 bridgehead atoms. The molecule has 0 aromatic carbocycles. The van der Waals surface area contributed by atoms with Crippen molar-refractivity contribution >= 4 is 22.8 Å². The summed E-state index contributed by atoms with van der Waals surface area (Å²) < 4.78 is 42.4. The van der Waals surface area contributed by atoms with Gasteiger partial charge in [-0.3, -0.25) is 8.42 Å². The Morgan fingerprint density at radius 2 is 1.13 bits per heavy atom. The van der Waals surface area contributed by atoms with Crippen LogP contribution in [-0.2, 0) is 23.5 Å². The molecule has 0 aliphatic heterocycles. The Balaban J connectivity index is 0.000000479. The van der Waals surface area contributed by atoms with E-state index < -0.39 is 10.4 Å². The van der Waals surface area contributed by atoms with Crippen molar-refractivity contribution in [2.45, 2.75) is 78.3 Å². The minimum absolute atomic E-state index is 1.13. The van der Waals surface area contributed by atoms with Crippen molar-refractivity contribution in [1.82, 2.24) is 9.13 Å². The highest BCUT2D eigenvalue weighted by Gasteiger charge is 2.00. The Morgan fingerprint density at radius 3 is 1.39 bits per heavy atom. The second-order valence-electron chi connectivity index (χ2n) is 7.09. The van der Waals surface area contributed by atoms with Gasteiger partial charge in [-0.2, -0.15) is 0 Å². The fraction of sp³-hybridized carbons (Fsp3) is 0.545. The Morgan fingerprint density at radius 1 is 0.774 bits per heavy atom. The summed E-state index contributed by atoms with van der Waals surface area (Å²) in [5.74, 6) is 0. The summed E-state index contributed by atoms with van der Waals surface area (Å²) in [4.78, 5) is 0. The summed E-state index contributed by atoms with van der Waals surface area (Å²) in [6.07, 6.45) is 26.5. The van der Waals surface area contributed by atoms with Gasteiger partial charge in [0, 0.05) is 10.4 Å². The van der Waals surface area contributed by atoms with E-state index in [9.17, 15) is 0 Å². The highest BCUT2D eigenvalue weighted by Crippen LogP contribution is 1.99. The monoisotopic (exact) mass is 454 g/mol. The van der Waals surface area contributed by atoms with Crippen LogP contribution in [0.3, 0.4) is 0 Å². The zero-order valence-electron chi connectivity index (χ0n) is 18.9. The molecule has 2 rings (SSSR count). The number of aryl methyl sites for hydroxylation is 2. The van der Waals surface area contributed by atoms with E-state index in [-0.39, 0.29) is 0 Å². The van der Waals surface area contributed by atoms with Gasteiger partial charge in [0.1, 0.15) is 24.8 Å². The molecule has 2 heterocycles. The zero-order valence-corrected chi connectivity index (χ0v) is 19.8. The summed E-state index contributed by atoms with van der Waals surface area (Å²) in [5.41, 5.74) is 0. The summed E-state index contributed by atoms with van der Waals surface area (Å²) in [7, 11) is -5.17. The second-order valence-corrected chi connectivity index (χ2v) is 7.91. The van der Waals surface area contributed by atoms with Gasteiger partial charge in [-0.25, -0.2) is 18.3 Å². The van der Waals surface area contributed by atoms with Crippen LogP contribution in [0.5, 0.6) is 0 Å². The van der Waals surface area contributed by atoms with Crippen LogP contribution in [-0.4, -0.2) is 26.7 Å². The van der Waals surface area contributed by atoms with E-state index in [0.717, 1.165) is 13.1 Å². The molecule has 31 heavy (non-hydrogen) atoms. The van der Waals surface area contributed by atoms with Crippen molar-refractivity contribution in [3.05, 3.63) is 50.6 Å². The van der Waals surface area contributed by atoms with Crippen molar-refractivity contribution in [1.29, 1.82) is 0 Å². The van der Waals surface area contributed by atoms with Gasteiger partial charge >= 0.3 is 0 Å². The molecule has 0 saturated heterocycles.